The van der Waals surface area contributed by atoms with E-state index in [0.717, 1.165) is 19.0 Å². The predicted octanol–water partition coefficient (Wildman–Crippen LogP) is 1.20. The Bertz CT molecular complexity index is 309. The minimum absolute atomic E-state index is 0.612. The van der Waals surface area contributed by atoms with Crippen LogP contribution < -0.4 is 5.32 Å². The minimum Gasteiger partial charge on any atom is -0.336 e. The summed E-state index contributed by atoms with van der Waals surface area (Å²) in [5, 5.41) is 3.64. The van der Waals surface area contributed by atoms with Gasteiger partial charge >= 0.3 is 0 Å². The molecular weight excluding hydrogens is 212 g/mol. The fourth-order valence-electron chi connectivity index (χ4n) is 2.62. The van der Waals surface area contributed by atoms with Gasteiger partial charge in [0.05, 0.1) is 6.33 Å². The van der Waals surface area contributed by atoms with Gasteiger partial charge in [0, 0.05) is 38.1 Å². The Morgan fingerprint density at radius 2 is 2.41 bits per heavy atom. The molecule has 2 unspecified atom stereocenters. The summed E-state index contributed by atoms with van der Waals surface area (Å²) in [4.78, 5) is 6.49. The highest BCUT2D eigenvalue weighted by Crippen LogP contribution is 2.18. The van der Waals surface area contributed by atoms with E-state index in [4.69, 9.17) is 0 Å². The van der Waals surface area contributed by atoms with Crippen molar-refractivity contribution in [3.63, 3.8) is 0 Å². The Morgan fingerprint density at radius 3 is 3.12 bits per heavy atom. The number of piperidine rings is 1. The van der Waals surface area contributed by atoms with Crippen LogP contribution in [0.4, 0.5) is 0 Å². The number of likely N-dealkylation sites (tertiary alicyclic amines) is 1. The van der Waals surface area contributed by atoms with Crippen molar-refractivity contribution < 1.29 is 0 Å². The molecule has 0 aromatic carbocycles. The Kier molecular flexibility index (Phi) is 4.57. The molecule has 1 aromatic heterocycles. The maximum atomic E-state index is 4.05. The van der Waals surface area contributed by atoms with Gasteiger partial charge in [0.25, 0.3) is 0 Å². The van der Waals surface area contributed by atoms with E-state index in [2.05, 4.69) is 33.7 Å². The first-order valence-corrected chi connectivity index (χ1v) is 6.63. The molecule has 0 aliphatic carbocycles. The first-order chi connectivity index (χ1) is 8.25. The standard InChI is InChI=1S/C13H24N4/c1-12(13-4-3-7-16(2)10-13)15-6-9-17-8-5-14-11-17/h5,8,11-13,15H,3-4,6-7,9-10H2,1-2H3. The molecule has 17 heavy (non-hydrogen) atoms. The number of nitrogens with zero attached hydrogens (tertiary/aromatic N) is 3. The predicted molar refractivity (Wildman–Crippen MR) is 69.9 cm³/mol. The smallest absolute Gasteiger partial charge is 0.0946 e. The van der Waals surface area contributed by atoms with Crippen LogP contribution in [-0.2, 0) is 6.54 Å². The lowest BCUT2D eigenvalue weighted by atomic mass is 9.92. The summed E-state index contributed by atoms with van der Waals surface area (Å²) in [6, 6.07) is 0.612. The zero-order chi connectivity index (χ0) is 12.1. The molecule has 0 bridgehead atoms. The van der Waals surface area contributed by atoms with E-state index >= 15 is 0 Å². The molecule has 0 spiro atoms. The van der Waals surface area contributed by atoms with E-state index < -0.39 is 0 Å². The summed E-state index contributed by atoms with van der Waals surface area (Å²) < 4.78 is 2.12. The topological polar surface area (TPSA) is 33.1 Å². The van der Waals surface area contributed by atoms with Gasteiger partial charge in [-0.05, 0) is 39.3 Å². The van der Waals surface area contributed by atoms with E-state index in [9.17, 15) is 0 Å². The number of imidazole rings is 1. The monoisotopic (exact) mass is 236 g/mol. The van der Waals surface area contributed by atoms with Crippen molar-refractivity contribution in [2.45, 2.75) is 32.4 Å². The number of nitrogens with one attached hydrogen (secondary N) is 1. The normalized spacial score (nSPS) is 23.8. The molecule has 1 aliphatic heterocycles. The highest BCUT2D eigenvalue weighted by atomic mass is 15.1. The summed E-state index contributed by atoms with van der Waals surface area (Å²) in [5.74, 6) is 0.802. The van der Waals surface area contributed by atoms with E-state index in [-0.39, 0.29) is 0 Å². The molecule has 0 saturated carbocycles. The van der Waals surface area contributed by atoms with Crippen LogP contribution in [-0.4, -0.2) is 47.2 Å². The maximum Gasteiger partial charge on any atom is 0.0946 e. The van der Waals surface area contributed by atoms with Crippen LogP contribution in [0.2, 0.25) is 0 Å². The average molecular weight is 236 g/mol. The van der Waals surface area contributed by atoms with Gasteiger partial charge < -0.3 is 14.8 Å². The number of rotatable bonds is 5. The zero-order valence-corrected chi connectivity index (χ0v) is 11.0. The summed E-state index contributed by atoms with van der Waals surface area (Å²) in [6.45, 7) is 6.85. The molecule has 0 radical (unpaired) electrons. The molecule has 2 heterocycles. The van der Waals surface area contributed by atoms with Crippen molar-refractivity contribution >= 4 is 0 Å². The third-order valence-electron chi connectivity index (χ3n) is 3.76. The largest absolute Gasteiger partial charge is 0.336 e. The van der Waals surface area contributed by atoms with Crippen LogP contribution in [0.15, 0.2) is 18.7 Å². The van der Waals surface area contributed by atoms with Crippen molar-refractivity contribution in [3.8, 4) is 0 Å². The van der Waals surface area contributed by atoms with Crippen molar-refractivity contribution in [2.75, 3.05) is 26.7 Å². The van der Waals surface area contributed by atoms with Crippen molar-refractivity contribution in [2.24, 2.45) is 5.92 Å². The molecule has 96 valence electrons. The lowest BCUT2D eigenvalue weighted by Gasteiger charge is -2.34. The zero-order valence-electron chi connectivity index (χ0n) is 11.0. The summed E-state index contributed by atoms with van der Waals surface area (Å²) >= 11 is 0. The minimum atomic E-state index is 0.612. The Balaban J connectivity index is 1.68. The van der Waals surface area contributed by atoms with E-state index in [1.165, 1.54) is 25.9 Å². The summed E-state index contributed by atoms with van der Waals surface area (Å²) in [6.07, 6.45) is 8.43. The van der Waals surface area contributed by atoms with Crippen molar-refractivity contribution in [1.29, 1.82) is 0 Å². The van der Waals surface area contributed by atoms with Gasteiger partial charge in [-0.1, -0.05) is 0 Å². The number of hydrogen-bond donors (Lipinski definition) is 1. The highest BCUT2D eigenvalue weighted by molar-refractivity contribution is 4.80. The number of aromatic nitrogens is 2. The van der Waals surface area contributed by atoms with Crippen molar-refractivity contribution in [1.82, 2.24) is 19.8 Å². The Hall–Kier alpha value is -0.870. The second kappa shape index (κ2) is 6.17. The van der Waals surface area contributed by atoms with Crippen molar-refractivity contribution in [3.05, 3.63) is 18.7 Å². The average Bonchev–Trinajstić information content (AvgIpc) is 2.82. The molecule has 1 aliphatic rings. The van der Waals surface area contributed by atoms with Crippen LogP contribution in [0.3, 0.4) is 0 Å². The van der Waals surface area contributed by atoms with Gasteiger partial charge in [-0.15, -0.1) is 0 Å². The van der Waals surface area contributed by atoms with Gasteiger partial charge in [-0.25, -0.2) is 4.98 Å². The number of hydrogen-bond acceptors (Lipinski definition) is 3. The third-order valence-corrected chi connectivity index (χ3v) is 3.76. The van der Waals surface area contributed by atoms with Crippen LogP contribution >= 0.6 is 0 Å². The van der Waals surface area contributed by atoms with Gasteiger partial charge in [0.2, 0.25) is 0 Å². The van der Waals surface area contributed by atoms with Gasteiger partial charge in [0.1, 0.15) is 0 Å². The SMILES string of the molecule is CC(NCCn1ccnc1)C1CCCN(C)C1. The van der Waals surface area contributed by atoms with E-state index in [0.29, 0.717) is 6.04 Å². The molecular formula is C13H24N4. The summed E-state index contributed by atoms with van der Waals surface area (Å²) in [7, 11) is 2.23. The highest BCUT2D eigenvalue weighted by Gasteiger charge is 2.21. The molecule has 1 saturated heterocycles. The van der Waals surface area contributed by atoms with Crippen LogP contribution in [0, 0.1) is 5.92 Å². The molecule has 2 atom stereocenters. The van der Waals surface area contributed by atoms with Crippen LogP contribution in [0.25, 0.3) is 0 Å². The molecule has 4 nitrogen and oxygen atoms in total. The van der Waals surface area contributed by atoms with Crippen LogP contribution in [0.1, 0.15) is 19.8 Å². The second-order valence-corrected chi connectivity index (χ2v) is 5.21. The van der Waals surface area contributed by atoms with Gasteiger partial charge in [0.15, 0.2) is 0 Å². The first-order valence-electron chi connectivity index (χ1n) is 6.63. The lowest BCUT2D eigenvalue weighted by molar-refractivity contribution is 0.178. The van der Waals surface area contributed by atoms with Crippen LogP contribution in [0.5, 0.6) is 0 Å². The third kappa shape index (κ3) is 3.82. The molecule has 1 fully saturated rings. The quantitative estimate of drug-likeness (QED) is 0.834. The first kappa shape index (κ1) is 12.6. The maximum absolute atomic E-state index is 4.05. The van der Waals surface area contributed by atoms with Gasteiger partial charge in [-0.3, -0.25) is 0 Å². The lowest BCUT2D eigenvalue weighted by Crippen LogP contribution is -2.43. The fourth-order valence-corrected chi connectivity index (χ4v) is 2.62. The fraction of sp³-hybridized carbons (Fsp3) is 0.769. The van der Waals surface area contributed by atoms with Gasteiger partial charge in [-0.2, -0.15) is 0 Å². The molecule has 2 rings (SSSR count). The Morgan fingerprint density at radius 1 is 1.53 bits per heavy atom. The van der Waals surface area contributed by atoms with E-state index in [1.54, 1.807) is 0 Å². The molecule has 0 amide bonds. The molecule has 1 N–H and O–H groups in total. The molecule has 1 aromatic rings. The Labute approximate surface area is 104 Å². The molecule has 4 heteroatoms. The summed E-state index contributed by atoms with van der Waals surface area (Å²) in [5.41, 5.74) is 0. The second-order valence-electron chi connectivity index (χ2n) is 5.21. The van der Waals surface area contributed by atoms with E-state index in [1.807, 2.05) is 18.7 Å².